The molecule has 0 bridgehead atoms. The summed E-state index contributed by atoms with van der Waals surface area (Å²) in [5.74, 6) is 1.49. The van der Waals surface area contributed by atoms with Crippen molar-refractivity contribution in [3.63, 3.8) is 0 Å². The van der Waals surface area contributed by atoms with Crippen molar-refractivity contribution in [1.82, 2.24) is 14.8 Å². The fourth-order valence-electron chi connectivity index (χ4n) is 3.91. The summed E-state index contributed by atoms with van der Waals surface area (Å²) in [5.41, 5.74) is -0.548. The molecule has 1 amide bonds. The number of hydrogen-bond acceptors (Lipinski definition) is 5. The zero-order valence-corrected chi connectivity index (χ0v) is 16.9. The van der Waals surface area contributed by atoms with Crippen LogP contribution in [0.4, 0.5) is 5.82 Å². The molecule has 1 fully saturated rings. The average Bonchev–Trinajstić information content (AvgIpc) is 3.02. The number of aliphatic hydroxyl groups excluding tert-OH is 1. The van der Waals surface area contributed by atoms with Gasteiger partial charge in [0.25, 0.3) is 0 Å². The second-order valence-electron chi connectivity index (χ2n) is 8.20. The maximum Gasteiger partial charge on any atom is 0.247 e. The number of piperidine rings is 1. The first kappa shape index (κ1) is 20.2. The highest BCUT2D eigenvalue weighted by Crippen LogP contribution is 2.26. The molecule has 1 saturated heterocycles. The smallest absolute Gasteiger partial charge is 0.247 e. The Bertz CT molecular complexity index is 744. The van der Waals surface area contributed by atoms with Gasteiger partial charge in [-0.15, -0.1) is 0 Å². The Morgan fingerprint density at radius 1 is 1.48 bits per heavy atom. The van der Waals surface area contributed by atoms with Crippen molar-refractivity contribution in [3.8, 4) is 0 Å². The SMILES string of the molecule is C[C@@H](CO)CN1CCC(CNC(=O)C2(C)Cn3c(ccc(Cl)c3=N)N2)CC1. The second kappa shape index (κ2) is 8.20. The Hall–Kier alpha value is -1.57. The molecule has 1 aromatic heterocycles. The molecule has 0 aliphatic carbocycles. The van der Waals surface area contributed by atoms with Gasteiger partial charge >= 0.3 is 0 Å². The van der Waals surface area contributed by atoms with Crippen LogP contribution in [0.2, 0.25) is 5.02 Å². The summed E-state index contributed by atoms with van der Waals surface area (Å²) in [6.45, 7) is 8.19. The molecule has 27 heavy (non-hydrogen) atoms. The number of aliphatic hydroxyl groups is 1. The van der Waals surface area contributed by atoms with Gasteiger partial charge in [0.2, 0.25) is 5.91 Å². The van der Waals surface area contributed by atoms with E-state index in [0.29, 0.717) is 29.9 Å². The minimum atomic E-state index is -0.773. The number of amides is 1. The van der Waals surface area contributed by atoms with Gasteiger partial charge < -0.3 is 25.2 Å². The van der Waals surface area contributed by atoms with E-state index < -0.39 is 5.54 Å². The van der Waals surface area contributed by atoms with E-state index in [1.165, 1.54) is 0 Å². The van der Waals surface area contributed by atoms with Crippen molar-refractivity contribution in [1.29, 1.82) is 5.41 Å². The van der Waals surface area contributed by atoms with Gasteiger partial charge in [0.05, 0.1) is 11.6 Å². The van der Waals surface area contributed by atoms with Crippen molar-refractivity contribution >= 4 is 23.3 Å². The lowest BCUT2D eigenvalue weighted by molar-refractivity contribution is -0.125. The van der Waals surface area contributed by atoms with E-state index in [0.717, 1.165) is 38.3 Å². The number of pyridine rings is 1. The van der Waals surface area contributed by atoms with E-state index >= 15 is 0 Å². The van der Waals surface area contributed by atoms with Gasteiger partial charge in [-0.2, -0.15) is 0 Å². The molecule has 2 aliphatic heterocycles. The van der Waals surface area contributed by atoms with Gasteiger partial charge in [-0.05, 0) is 56.8 Å². The molecule has 4 N–H and O–H groups in total. The molecule has 0 saturated carbocycles. The van der Waals surface area contributed by atoms with Crippen molar-refractivity contribution in [3.05, 3.63) is 22.6 Å². The molecule has 3 heterocycles. The van der Waals surface area contributed by atoms with Gasteiger partial charge in [-0.3, -0.25) is 10.2 Å². The predicted octanol–water partition coefficient (Wildman–Crippen LogP) is 1.26. The minimum absolute atomic E-state index is 0.0435. The van der Waals surface area contributed by atoms with Crippen LogP contribution in [0, 0.1) is 17.2 Å². The summed E-state index contributed by atoms with van der Waals surface area (Å²) in [4.78, 5) is 15.2. The van der Waals surface area contributed by atoms with Gasteiger partial charge in [0.15, 0.2) is 0 Å². The molecular formula is C19H30ClN5O2. The number of fused-ring (bicyclic) bond motifs is 1. The van der Waals surface area contributed by atoms with E-state index in [1.807, 2.05) is 13.0 Å². The Labute approximate surface area is 165 Å². The molecule has 0 aromatic carbocycles. The van der Waals surface area contributed by atoms with Crippen molar-refractivity contribution in [2.24, 2.45) is 11.8 Å². The third kappa shape index (κ3) is 4.47. The lowest BCUT2D eigenvalue weighted by Gasteiger charge is -2.34. The first-order valence-corrected chi connectivity index (χ1v) is 10.0. The molecule has 1 unspecified atom stereocenters. The van der Waals surface area contributed by atoms with Crippen LogP contribution in [0.25, 0.3) is 0 Å². The zero-order valence-electron chi connectivity index (χ0n) is 16.1. The van der Waals surface area contributed by atoms with Crippen LogP contribution in [-0.4, -0.2) is 58.8 Å². The monoisotopic (exact) mass is 395 g/mol. The summed E-state index contributed by atoms with van der Waals surface area (Å²) in [7, 11) is 0. The van der Waals surface area contributed by atoms with Crippen LogP contribution in [0.1, 0.15) is 26.7 Å². The molecule has 2 aliphatic rings. The van der Waals surface area contributed by atoms with E-state index in [9.17, 15) is 9.90 Å². The number of carbonyl (C=O) groups is 1. The average molecular weight is 396 g/mol. The molecule has 0 spiro atoms. The number of rotatable bonds is 6. The van der Waals surface area contributed by atoms with Gasteiger partial charge in [0, 0.05) is 19.7 Å². The van der Waals surface area contributed by atoms with Crippen LogP contribution in [0.5, 0.6) is 0 Å². The Morgan fingerprint density at radius 2 is 2.19 bits per heavy atom. The van der Waals surface area contributed by atoms with E-state index in [2.05, 4.69) is 22.5 Å². The van der Waals surface area contributed by atoms with Crippen molar-refractivity contribution in [2.75, 3.05) is 38.1 Å². The maximum absolute atomic E-state index is 12.8. The molecule has 0 radical (unpaired) electrons. The number of likely N-dealkylation sites (tertiary alicyclic amines) is 1. The van der Waals surface area contributed by atoms with Crippen LogP contribution in [-0.2, 0) is 11.3 Å². The highest BCUT2D eigenvalue weighted by molar-refractivity contribution is 6.30. The van der Waals surface area contributed by atoms with Crippen molar-refractivity contribution in [2.45, 2.75) is 38.8 Å². The van der Waals surface area contributed by atoms with Crippen LogP contribution in [0.3, 0.4) is 0 Å². The van der Waals surface area contributed by atoms with Gasteiger partial charge in [-0.25, -0.2) is 0 Å². The number of nitrogens with zero attached hydrogens (tertiary/aromatic N) is 2. The van der Waals surface area contributed by atoms with Crippen LogP contribution < -0.4 is 16.1 Å². The fourth-order valence-corrected chi connectivity index (χ4v) is 4.08. The highest BCUT2D eigenvalue weighted by Gasteiger charge is 2.39. The minimum Gasteiger partial charge on any atom is -0.396 e. The maximum atomic E-state index is 12.8. The first-order chi connectivity index (χ1) is 12.8. The normalized spacial score (nSPS) is 24.3. The zero-order chi connectivity index (χ0) is 19.6. The summed E-state index contributed by atoms with van der Waals surface area (Å²) >= 11 is 6.03. The lowest BCUT2D eigenvalue weighted by atomic mass is 9.95. The topological polar surface area (TPSA) is 93.4 Å². The van der Waals surface area contributed by atoms with E-state index in [-0.39, 0.29) is 18.0 Å². The largest absolute Gasteiger partial charge is 0.396 e. The van der Waals surface area contributed by atoms with E-state index in [1.54, 1.807) is 10.6 Å². The number of halogens is 1. The molecule has 7 nitrogen and oxygen atoms in total. The van der Waals surface area contributed by atoms with Gasteiger partial charge in [0.1, 0.15) is 16.8 Å². The van der Waals surface area contributed by atoms with Gasteiger partial charge in [-0.1, -0.05) is 18.5 Å². The Morgan fingerprint density at radius 3 is 2.85 bits per heavy atom. The summed E-state index contributed by atoms with van der Waals surface area (Å²) in [6, 6.07) is 3.49. The third-order valence-electron chi connectivity index (χ3n) is 5.69. The highest BCUT2D eigenvalue weighted by atomic mass is 35.5. The fraction of sp³-hybridized carbons (Fsp3) is 0.684. The molecule has 8 heteroatoms. The summed E-state index contributed by atoms with van der Waals surface area (Å²) in [5, 5.41) is 24.0. The van der Waals surface area contributed by atoms with Crippen LogP contribution in [0.15, 0.2) is 12.1 Å². The predicted molar refractivity (Wildman–Crippen MR) is 106 cm³/mol. The summed E-state index contributed by atoms with van der Waals surface area (Å²) < 4.78 is 1.74. The quantitative estimate of drug-likeness (QED) is 0.583. The van der Waals surface area contributed by atoms with Crippen LogP contribution >= 0.6 is 11.6 Å². The number of hydrogen-bond donors (Lipinski definition) is 4. The standard InChI is InChI=1S/C19H30ClN5O2/c1-13(11-26)10-24-7-5-14(6-8-24)9-22-18(27)19(2)12-25-16(23-19)4-3-15(20)17(25)21/h3-4,13-14,21,23,26H,5-12H2,1-2H3,(H,22,27)/t13-,19?/m1/s1. The molecule has 3 rings (SSSR count). The van der Waals surface area contributed by atoms with Crippen molar-refractivity contribution < 1.29 is 9.90 Å². The van der Waals surface area contributed by atoms with E-state index in [4.69, 9.17) is 17.0 Å². The molecule has 1 aromatic rings. The molecule has 150 valence electrons. The Kier molecular flexibility index (Phi) is 6.13. The third-order valence-corrected chi connectivity index (χ3v) is 6.00. The molecule has 2 atom stereocenters. The second-order valence-corrected chi connectivity index (χ2v) is 8.61. The number of aromatic nitrogens is 1. The molecular weight excluding hydrogens is 366 g/mol. The number of anilines is 1. The lowest BCUT2D eigenvalue weighted by Crippen LogP contribution is -2.51. The Balaban J connectivity index is 1.49. The number of nitrogens with one attached hydrogen (secondary N) is 3. The number of carbonyl (C=O) groups excluding carboxylic acids is 1. The summed E-state index contributed by atoms with van der Waals surface area (Å²) in [6.07, 6.45) is 2.12. The first-order valence-electron chi connectivity index (χ1n) is 9.66.